The zero-order valence-electron chi connectivity index (χ0n) is 11.2. The molecule has 2 aromatic heterocycles. The molecule has 0 aliphatic heterocycles. The van der Waals surface area contributed by atoms with Crippen molar-refractivity contribution in [2.24, 2.45) is 0 Å². The minimum atomic E-state index is -0.259. The molecule has 0 fully saturated rings. The summed E-state index contributed by atoms with van der Waals surface area (Å²) < 4.78 is 14.0. The molecule has 2 heterocycles. The molecule has 0 saturated heterocycles. The number of halogens is 2. The lowest BCUT2D eigenvalue weighted by molar-refractivity contribution is 0.628. The van der Waals surface area contributed by atoms with Gasteiger partial charge in [-0.25, -0.2) is 14.4 Å². The number of anilines is 1. The van der Waals surface area contributed by atoms with Gasteiger partial charge in [0.15, 0.2) is 0 Å². The van der Waals surface area contributed by atoms with Crippen molar-refractivity contribution in [3.63, 3.8) is 0 Å². The molecule has 106 valence electrons. The van der Waals surface area contributed by atoms with Crippen LogP contribution in [0.4, 0.5) is 10.3 Å². The Hall–Kier alpha value is -2.21. The van der Waals surface area contributed by atoms with Gasteiger partial charge in [0.05, 0.1) is 11.4 Å². The van der Waals surface area contributed by atoms with Crippen LogP contribution in [0, 0.1) is 5.82 Å². The highest BCUT2D eigenvalue weighted by molar-refractivity contribution is 9.10. The minimum Gasteiger partial charge on any atom is -0.360 e. The van der Waals surface area contributed by atoms with Gasteiger partial charge < -0.3 is 10.3 Å². The van der Waals surface area contributed by atoms with Gasteiger partial charge in [0.2, 0.25) is 5.95 Å². The van der Waals surface area contributed by atoms with Gasteiger partial charge in [-0.1, -0.05) is 0 Å². The molecule has 0 unspecified atom stereocenters. The monoisotopic (exact) mass is 346 g/mol. The topological polar surface area (TPSA) is 53.6 Å². The maximum Gasteiger partial charge on any atom is 0.222 e. The molecule has 1 aromatic carbocycles. The lowest BCUT2D eigenvalue weighted by atomic mass is 10.1. The number of aromatic amines is 1. The highest BCUT2D eigenvalue weighted by atomic mass is 79.9. The van der Waals surface area contributed by atoms with Crippen molar-refractivity contribution in [2.45, 2.75) is 0 Å². The van der Waals surface area contributed by atoms with Gasteiger partial charge in [0.1, 0.15) is 5.82 Å². The maximum atomic E-state index is 13.1. The predicted octanol–water partition coefficient (Wildman–Crippen LogP) is 4.08. The third-order valence-electron chi connectivity index (χ3n) is 3.10. The molecule has 0 aliphatic carbocycles. The fourth-order valence-corrected chi connectivity index (χ4v) is 2.63. The molecule has 3 aromatic rings. The van der Waals surface area contributed by atoms with E-state index in [1.807, 2.05) is 12.3 Å². The molecule has 0 aliphatic rings. The average molecular weight is 347 g/mol. The average Bonchev–Trinajstić information content (AvgIpc) is 2.90. The van der Waals surface area contributed by atoms with E-state index < -0.39 is 0 Å². The minimum absolute atomic E-state index is 0.259. The molecule has 4 nitrogen and oxygen atoms in total. The molecule has 0 radical (unpaired) electrons. The Morgan fingerprint density at radius 2 is 1.95 bits per heavy atom. The van der Waals surface area contributed by atoms with Crippen LogP contribution in [0.3, 0.4) is 0 Å². The Balaban J connectivity index is 2.14. The first-order valence-electron chi connectivity index (χ1n) is 6.33. The number of hydrogen-bond donors (Lipinski definition) is 2. The summed E-state index contributed by atoms with van der Waals surface area (Å²) in [7, 11) is 1.77. The van der Waals surface area contributed by atoms with E-state index in [0.717, 1.165) is 27.0 Å². The van der Waals surface area contributed by atoms with Gasteiger partial charge in [0.25, 0.3) is 0 Å². The Bertz CT molecular complexity index is 768. The normalized spacial score (nSPS) is 10.6. The van der Waals surface area contributed by atoms with E-state index in [1.165, 1.54) is 12.1 Å². The molecule has 0 bridgehead atoms. The van der Waals surface area contributed by atoms with Crippen molar-refractivity contribution in [3.8, 4) is 22.5 Å². The standard InChI is InChI=1S/C15H12BrFN4/c1-18-15-19-7-6-12(21-15)13-11(16)8-20-14(13)9-2-4-10(17)5-3-9/h2-8,20H,1H3,(H,18,19,21). The van der Waals surface area contributed by atoms with Gasteiger partial charge in [-0.3, -0.25) is 0 Å². The molecule has 0 amide bonds. The van der Waals surface area contributed by atoms with E-state index in [2.05, 4.69) is 36.2 Å². The number of nitrogens with one attached hydrogen (secondary N) is 2. The first-order valence-corrected chi connectivity index (χ1v) is 7.12. The van der Waals surface area contributed by atoms with Crippen LogP contribution in [0.1, 0.15) is 0 Å². The van der Waals surface area contributed by atoms with Crippen LogP contribution < -0.4 is 5.32 Å². The fraction of sp³-hybridized carbons (Fsp3) is 0.0667. The molecule has 2 N–H and O–H groups in total. The first kappa shape index (κ1) is 13.8. The Morgan fingerprint density at radius 3 is 2.67 bits per heavy atom. The number of aromatic nitrogens is 3. The summed E-state index contributed by atoms with van der Waals surface area (Å²) in [6.07, 6.45) is 3.54. The summed E-state index contributed by atoms with van der Waals surface area (Å²) in [5.74, 6) is 0.288. The number of nitrogens with zero attached hydrogens (tertiary/aromatic N) is 2. The van der Waals surface area contributed by atoms with E-state index in [1.54, 1.807) is 25.4 Å². The SMILES string of the molecule is CNc1nccc(-c2c(Br)c[nH]c2-c2ccc(F)cc2)n1. The van der Waals surface area contributed by atoms with Gasteiger partial charge in [-0.15, -0.1) is 0 Å². The largest absolute Gasteiger partial charge is 0.360 e. The van der Waals surface area contributed by atoms with E-state index in [9.17, 15) is 4.39 Å². The molecule has 0 spiro atoms. The van der Waals surface area contributed by atoms with Gasteiger partial charge in [0, 0.05) is 29.5 Å². The summed E-state index contributed by atoms with van der Waals surface area (Å²) in [6, 6.07) is 8.18. The van der Waals surface area contributed by atoms with Crippen LogP contribution in [0.2, 0.25) is 0 Å². The second-order valence-corrected chi connectivity index (χ2v) is 5.26. The molecule has 21 heavy (non-hydrogen) atoms. The van der Waals surface area contributed by atoms with Crippen LogP contribution in [0.25, 0.3) is 22.5 Å². The molecular formula is C15H12BrFN4. The molecule has 3 rings (SSSR count). The Kier molecular flexibility index (Phi) is 3.70. The van der Waals surface area contributed by atoms with Crippen LogP contribution in [0.15, 0.2) is 47.2 Å². The Labute approximate surface area is 129 Å². The van der Waals surface area contributed by atoms with Crippen LogP contribution in [0.5, 0.6) is 0 Å². The van der Waals surface area contributed by atoms with Crippen LogP contribution in [-0.4, -0.2) is 22.0 Å². The lowest BCUT2D eigenvalue weighted by Crippen LogP contribution is -1.97. The van der Waals surface area contributed by atoms with Crippen molar-refractivity contribution in [2.75, 3.05) is 12.4 Å². The third-order valence-corrected chi connectivity index (χ3v) is 3.73. The number of rotatable bonds is 3. The quantitative estimate of drug-likeness (QED) is 0.751. The Morgan fingerprint density at radius 1 is 1.19 bits per heavy atom. The van der Waals surface area contributed by atoms with Crippen molar-refractivity contribution in [1.82, 2.24) is 15.0 Å². The third kappa shape index (κ3) is 2.67. The molecular weight excluding hydrogens is 335 g/mol. The second kappa shape index (κ2) is 5.65. The van der Waals surface area contributed by atoms with Crippen molar-refractivity contribution in [1.29, 1.82) is 0 Å². The summed E-state index contributed by atoms with van der Waals surface area (Å²) >= 11 is 3.53. The van der Waals surface area contributed by atoms with Crippen molar-refractivity contribution >= 4 is 21.9 Å². The summed E-state index contributed by atoms with van der Waals surface area (Å²) in [6.45, 7) is 0. The van der Waals surface area contributed by atoms with Crippen LogP contribution >= 0.6 is 15.9 Å². The summed E-state index contributed by atoms with van der Waals surface area (Å²) in [5.41, 5.74) is 3.46. The highest BCUT2D eigenvalue weighted by Crippen LogP contribution is 2.36. The van der Waals surface area contributed by atoms with Crippen LogP contribution in [-0.2, 0) is 0 Å². The number of H-pyrrole nitrogens is 1. The molecule has 6 heteroatoms. The highest BCUT2D eigenvalue weighted by Gasteiger charge is 2.15. The van der Waals surface area contributed by atoms with Crippen molar-refractivity contribution < 1.29 is 4.39 Å². The fourth-order valence-electron chi connectivity index (χ4n) is 2.11. The van der Waals surface area contributed by atoms with Gasteiger partial charge in [-0.05, 0) is 51.8 Å². The predicted molar refractivity (Wildman–Crippen MR) is 84.5 cm³/mol. The second-order valence-electron chi connectivity index (χ2n) is 4.41. The zero-order valence-corrected chi connectivity index (χ0v) is 12.8. The summed E-state index contributed by atoms with van der Waals surface area (Å²) in [4.78, 5) is 11.8. The van der Waals surface area contributed by atoms with Crippen molar-refractivity contribution in [3.05, 3.63) is 53.0 Å². The number of hydrogen-bond acceptors (Lipinski definition) is 3. The van der Waals surface area contributed by atoms with E-state index in [4.69, 9.17) is 0 Å². The lowest BCUT2D eigenvalue weighted by Gasteiger charge is -2.06. The smallest absolute Gasteiger partial charge is 0.222 e. The van der Waals surface area contributed by atoms with Gasteiger partial charge in [-0.2, -0.15) is 0 Å². The maximum absolute atomic E-state index is 13.1. The molecule has 0 atom stereocenters. The van der Waals surface area contributed by atoms with E-state index in [-0.39, 0.29) is 5.82 Å². The molecule has 0 saturated carbocycles. The van der Waals surface area contributed by atoms with Gasteiger partial charge >= 0.3 is 0 Å². The first-order chi connectivity index (χ1) is 10.2. The zero-order chi connectivity index (χ0) is 14.8. The van der Waals surface area contributed by atoms with E-state index >= 15 is 0 Å². The summed E-state index contributed by atoms with van der Waals surface area (Å²) in [5, 5.41) is 2.92. The number of benzene rings is 1. The van der Waals surface area contributed by atoms with E-state index in [0.29, 0.717) is 5.95 Å².